The second-order valence-electron chi connectivity index (χ2n) is 7.24. The summed E-state index contributed by atoms with van der Waals surface area (Å²) in [7, 11) is 0. The van der Waals surface area contributed by atoms with Crippen molar-refractivity contribution in [2.24, 2.45) is 0 Å². The van der Waals surface area contributed by atoms with Crippen LogP contribution in [0.1, 0.15) is 55.1 Å². The number of benzene rings is 2. The highest BCUT2D eigenvalue weighted by Crippen LogP contribution is 2.27. The number of anilines is 1. The van der Waals surface area contributed by atoms with Crippen molar-refractivity contribution in [3.05, 3.63) is 59.2 Å². The Morgan fingerprint density at radius 2 is 1.78 bits per heavy atom. The first kappa shape index (κ1) is 20.5. The third-order valence-electron chi connectivity index (χ3n) is 3.98. The third kappa shape index (κ3) is 6.13. The van der Waals surface area contributed by atoms with E-state index in [2.05, 4.69) is 24.5 Å². The Bertz CT molecular complexity index is 813. The fraction of sp³-hybridized carbons (Fsp3) is 0.364. The number of aryl methyl sites for hydroxylation is 1. The van der Waals surface area contributed by atoms with Crippen molar-refractivity contribution in [3.8, 4) is 5.75 Å². The van der Waals surface area contributed by atoms with Gasteiger partial charge in [0, 0.05) is 17.3 Å². The van der Waals surface area contributed by atoms with Crippen molar-refractivity contribution in [2.75, 3.05) is 11.9 Å². The van der Waals surface area contributed by atoms with Gasteiger partial charge in [0.25, 0.3) is 11.8 Å². The lowest BCUT2D eigenvalue weighted by Gasteiger charge is -2.15. The van der Waals surface area contributed by atoms with Crippen LogP contribution >= 0.6 is 0 Å². The van der Waals surface area contributed by atoms with E-state index in [0.29, 0.717) is 17.2 Å². The summed E-state index contributed by atoms with van der Waals surface area (Å²) >= 11 is 0. The first-order chi connectivity index (χ1) is 12.8. The SMILES string of the molecule is Cc1ccc(C(C)C)c(OCC(=O)Nc2cccc(C(=O)NC(C)C)c2)c1. The topological polar surface area (TPSA) is 67.4 Å². The van der Waals surface area contributed by atoms with E-state index < -0.39 is 0 Å². The fourth-order valence-electron chi connectivity index (χ4n) is 2.67. The molecule has 5 heteroatoms. The largest absolute Gasteiger partial charge is 0.483 e. The van der Waals surface area contributed by atoms with Gasteiger partial charge < -0.3 is 15.4 Å². The summed E-state index contributed by atoms with van der Waals surface area (Å²) < 4.78 is 5.75. The summed E-state index contributed by atoms with van der Waals surface area (Å²) in [6.07, 6.45) is 0. The molecule has 27 heavy (non-hydrogen) atoms. The average molecular weight is 368 g/mol. The van der Waals surface area contributed by atoms with Gasteiger partial charge in [0.1, 0.15) is 5.75 Å². The summed E-state index contributed by atoms with van der Waals surface area (Å²) in [6.45, 7) is 9.88. The molecule has 2 N–H and O–H groups in total. The maximum absolute atomic E-state index is 12.3. The van der Waals surface area contributed by atoms with E-state index in [0.717, 1.165) is 16.9 Å². The molecule has 0 aromatic heterocycles. The lowest BCUT2D eigenvalue weighted by Crippen LogP contribution is -2.30. The maximum atomic E-state index is 12.3. The number of carbonyl (C=O) groups is 2. The van der Waals surface area contributed by atoms with Gasteiger partial charge in [0.2, 0.25) is 0 Å². The van der Waals surface area contributed by atoms with E-state index in [1.165, 1.54) is 0 Å². The maximum Gasteiger partial charge on any atom is 0.262 e. The molecule has 2 aromatic carbocycles. The highest BCUT2D eigenvalue weighted by atomic mass is 16.5. The average Bonchev–Trinajstić information content (AvgIpc) is 2.59. The third-order valence-corrected chi connectivity index (χ3v) is 3.98. The monoisotopic (exact) mass is 368 g/mol. The van der Waals surface area contributed by atoms with Crippen LogP contribution in [0.15, 0.2) is 42.5 Å². The van der Waals surface area contributed by atoms with Crippen molar-refractivity contribution in [1.29, 1.82) is 0 Å². The van der Waals surface area contributed by atoms with Gasteiger partial charge in [0.05, 0.1) is 0 Å². The van der Waals surface area contributed by atoms with E-state index in [4.69, 9.17) is 4.74 Å². The van der Waals surface area contributed by atoms with Crippen LogP contribution in [-0.4, -0.2) is 24.5 Å². The summed E-state index contributed by atoms with van der Waals surface area (Å²) in [5, 5.41) is 5.61. The van der Waals surface area contributed by atoms with Gasteiger partial charge in [-0.05, 0) is 62.1 Å². The first-order valence-electron chi connectivity index (χ1n) is 9.20. The van der Waals surface area contributed by atoms with Crippen molar-refractivity contribution < 1.29 is 14.3 Å². The van der Waals surface area contributed by atoms with Crippen LogP contribution in [0.4, 0.5) is 5.69 Å². The Kier molecular flexibility index (Phi) is 6.99. The number of ether oxygens (including phenoxy) is 1. The Balaban J connectivity index is 2.01. The van der Waals surface area contributed by atoms with Gasteiger partial charge in [-0.3, -0.25) is 9.59 Å². The number of hydrogen-bond donors (Lipinski definition) is 2. The molecule has 0 spiro atoms. The molecule has 0 radical (unpaired) electrons. The molecule has 0 aliphatic heterocycles. The van der Waals surface area contributed by atoms with E-state index in [-0.39, 0.29) is 24.5 Å². The number of carbonyl (C=O) groups excluding carboxylic acids is 2. The van der Waals surface area contributed by atoms with Crippen LogP contribution in [0.25, 0.3) is 0 Å². The van der Waals surface area contributed by atoms with E-state index >= 15 is 0 Å². The molecular formula is C22H28N2O3. The quantitative estimate of drug-likeness (QED) is 0.767. The van der Waals surface area contributed by atoms with E-state index in [9.17, 15) is 9.59 Å². The van der Waals surface area contributed by atoms with Crippen molar-refractivity contribution in [1.82, 2.24) is 5.32 Å². The number of amides is 2. The molecule has 0 saturated heterocycles. The van der Waals surface area contributed by atoms with Gasteiger partial charge in [-0.25, -0.2) is 0 Å². The van der Waals surface area contributed by atoms with Crippen molar-refractivity contribution in [2.45, 2.75) is 46.6 Å². The molecule has 0 unspecified atom stereocenters. The zero-order valence-corrected chi connectivity index (χ0v) is 16.6. The summed E-state index contributed by atoms with van der Waals surface area (Å²) in [4.78, 5) is 24.4. The van der Waals surface area contributed by atoms with Gasteiger partial charge in [0.15, 0.2) is 6.61 Å². The van der Waals surface area contributed by atoms with Crippen molar-refractivity contribution >= 4 is 17.5 Å². The minimum atomic E-state index is -0.271. The zero-order valence-electron chi connectivity index (χ0n) is 16.6. The standard InChI is InChI=1S/C22H28N2O3/c1-14(2)19-10-9-16(5)11-20(19)27-13-21(25)24-18-8-6-7-17(12-18)22(26)23-15(3)4/h6-12,14-15H,13H2,1-5H3,(H,23,26)(H,24,25). The molecule has 0 aliphatic rings. The van der Waals surface area contributed by atoms with Gasteiger partial charge >= 0.3 is 0 Å². The van der Waals surface area contributed by atoms with Crippen LogP contribution in [0, 0.1) is 6.92 Å². The lowest BCUT2D eigenvalue weighted by atomic mass is 10.0. The van der Waals surface area contributed by atoms with Gasteiger partial charge in [-0.1, -0.05) is 32.0 Å². The molecule has 144 valence electrons. The molecule has 0 saturated carbocycles. The van der Waals surface area contributed by atoms with Crippen LogP contribution < -0.4 is 15.4 Å². The minimum absolute atomic E-state index is 0.0497. The molecule has 0 bridgehead atoms. The lowest BCUT2D eigenvalue weighted by molar-refractivity contribution is -0.118. The number of rotatable bonds is 7. The van der Waals surface area contributed by atoms with Crippen LogP contribution in [0.5, 0.6) is 5.75 Å². The van der Waals surface area contributed by atoms with Crippen molar-refractivity contribution in [3.63, 3.8) is 0 Å². The Hall–Kier alpha value is -2.82. The van der Waals surface area contributed by atoms with Gasteiger partial charge in [-0.15, -0.1) is 0 Å². The number of nitrogens with one attached hydrogen (secondary N) is 2. The molecule has 0 heterocycles. The van der Waals surface area contributed by atoms with Crippen LogP contribution in [0.2, 0.25) is 0 Å². The second kappa shape index (κ2) is 9.21. The van der Waals surface area contributed by atoms with Crippen LogP contribution in [0.3, 0.4) is 0 Å². The predicted molar refractivity (Wildman–Crippen MR) is 108 cm³/mol. The predicted octanol–water partition coefficient (Wildman–Crippen LogP) is 4.27. The van der Waals surface area contributed by atoms with Crippen LogP contribution in [-0.2, 0) is 4.79 Å². The highest BCUT2D eigenvalue weighted by molar-refractivity contribution is 5.97. The summed E-state index contributed by atoms with van der Waals surface area (Å²) in [6, 6.07) is 12.9. The highest BCUT2D eigenvalue weighted by Gasteiger charge is 2.12. The van der Waals surface area contributed by atoms with E-state index in [1.807, 2.05) is 39.0 Å². The zero-order chi connectivity index (χ0) is 20.0. The fourth-order valence-corrected chi connectivity index (χ4v) is 2.67. The summed E-state index contributed by atoms with van der Waals surface area (Å²) in [5.41, 5.74) is 3.22. The molecule has 2 amide bonds. The molecular weight excluding hydrogens is 340 g/mol. The Labute approximate surface area is 161 Å². The molecule has 0 atom stereocenters. The molecule has 0 fully saturated rings. The Morgan fingerprint density at radius 1 is 1.04 bits per heavy atom. The minimum Gasteiger partial charge on any atom is -0.483 e. The smallest absolute Gasteiger partial charge is 0.262 e. The molecule has 2 rings (SSSR count). The summed E-state index contributed by atoms with van der Waals surface area (Å²) in [5.74, 6) is 0.594. The second-order valence-corrected chi connectivity index (χ2v) is 7.24. The van der Waals surface area contributed by atoms with Gasteiger partial charge in [-0.2, -0.15) is 0 Å². The number of hydrogen-bond acceptors (Lipinski definition) is 3. The normalized spacial score (nSPS) is 10.8. The Morgan fingerprint density at radius 3 is 2.44 bits per heavy atom. The van der Waals surface area contributed by atoms with E-state index in [1.54, 1.807) is 24.3 Å². The molecule has 5 nitrogen and oxygen atoms in total. The molecule has 2 aromatic rings. The molecule has 0 aliphatic carbocycles. The first-order valence-corrected chi connectivity index (χ1v) is 9.20.